The fourth-order valence-electron chi connectivity index (χ4n) is 4.80. The molecular weight excluding hydrogens is 382 g/mol. The van der Waals surface area contributed by atoms with Gasteiger partial charge in [0.05, 0.1) is 13.2 Å². The molecule has 7 heteroatoms. The molecule has 0 N–H and O–H groups in total. The average molecular weight is 412 g/mol. The second-order valence-electron chi connectivity index (χ2n) is 8.30. The Morgan fingerprint density at radius 3 is 2.40 bits per heavy atom. The summed E-state index contributed by atoms with van der Waals surface area (Å²) in [6.07, 6.45) is 6.65. The lowest BCUT2D eigenvalue weighted by Gasteiger charge is -2.42. The van der Waals surface area contributed by atoms with Crippen molar-refractivity contribution in [2.24, 2.45) is 5.92 Å². The van der Waals surface area contributed by atoms with Gasteiger partial charge < -0.3 is 14.5 Å². The van der Waals surface area contributed by atoms with Crippen LogP contribution in [0.5, 0.6) is 0 Å². The first-order chi connectivity index (χ1) is 14.6. The van der Waals surface area contributed by atoms with Crippen LogP contribution >= 0.6 is 0 Å². The van der Waals surface area contributed by atoms with Gasteiger partial charge in [-0.15, -0.1) is 0 Å². The Labute approximate surface area is 177 Å². The summed E-state index contributed by atoms with van der Waals surface area (Å²) in [5, 5.41) is 0. The standard InChI is InChI=1S/C23H29N3O4/c1-30-16-15-25-21(28)23(26(22(25)29)17-18-7-3-2-4-8-18)11-13-24(14-12-23)20(27)19-9-5-6-10-19/h2-8,19H,9-17H2,1H3. The average Bonchev–Trinajstić information content (AvgIpc) is 3.37. The summed E-state index contributed by atoms with van der Waals surface area (Å²) in [5.41, 5.74) is 0.105. The molecular formula is C23H29N3O4. The number of hydrogen-bond acceptors (Lipinski definition) is 4. The number of carbonyl (C=O) groups excluding carboxylic acids is 3. The molecule has 1 spiro atoms. The molecule has 2 heterocycles. The quantitative estimate of drug-likeness (QED) is 0.533. The second-order valence-corrected chi connectivity index (χ2v) is 8.30. The molecule has 0 bridgehead atoms. The van der Waals surface area contributed by atoms with Gasteiger partial charge in [0.15, 0.2) is 0 Å². The number of hydrogen-bond donors (Lipinski definition) is 0. The number of amides is 4. The molecule has 3 aliphatic rings. The van der Waals surface area contributed by atoms with Gasteiger partial charge in [0.25, 0.3) is 5.91 Å². The fraction of sp³-hybridized carbons (Fsp3) is 0.522. The van der Waals surface area contributed by atoms with Crippen LogP contribution < -0.4 is 0 Å². The molecule has 1 aliphatic carbocycles. The van der Waals surface area contributed by atoms with Crippen LogP contribution in [-0.2, 0) is 20.9 Å². The topological polar surface area (TPSA) is 70.2 Å². The van der Waals surface area contributed by atoms with Gasteiger partial charge in [-0.05, 0) is 31.2 Å². The predicted molar refractivity (Wildman–Crippen MR) is 111 cm³/mol. The largest absolute Gasteiger partial charge is 0.383 e. The molecule has 0 radical (unpaired) electrons. The molecule has 1 aromatic rings. The zero-order valence-electron chi connectivity index (χ0n) is 17.5. The van der Waals surface area contributed by atoms with E-state index in [0.29, 0.717) is 39.1 Å². The summed E-state index contributed by atoms with van der Waals surface area (Å²) in [6.45, 7) is 1.94. The maximum absolute atomic E-state index is 13.4. The molecule has 160 valence electrons. The first-order valence-electron chi connectivity index (χ1n) is 10.7. The summed E-state index contributed by atoms with van der Waals surface area (Å²) in [6, 6.07) is 9.47. The summed E-state index contributed by atoms with van der Waals surface area (Å²) in [5.74, 6) is 0.0335. The van der Waals surface area contributed by atoms with Gasteiger partial charge in [0, 0.05) is 32.7 Å². The number of imide groups is 1. The van der Waals surface area contributed by atoms with Crippen LogP contribution in [0.1, 0.15) is 31.2 Å². The Bertz CT molecular complexity index is 822. The van der Waals surface area contributed by atoms with Crippen molar-refractivity contribution in [3.05, 3.63) is 48.0 Å². The van der Waals surface area contributed by atoms with Crippen LogP contribution in [0.15, 0.2) is 42.5 Å². The number of allylic oxidation sites excluding steroid dienone is 2. The van der Waals surface area contributed by atoms with Crippen molar-refractivity contribution in [2.75, 3.05) is 33.4 Å². The van der Waals surface area contributed by atoms with Crippen LogP contribution in [0.25, 0.3) is 0 Å². The second kappa shape index (κ2) is 8.60. The highest BCUT2D eigenvalue weighted by Crippen LogP contribution is 2.39. The minimum absolute atomic E-state index is 0.0265. The van der Waals surface area contributed by atoms with Crippen molar-refractivity contribution >= 4 is 17.8 Å². The van der Waals surface area contributed by atoms with Crippen molar-refractivity contribution in [3.8, 4) is 0 Å². The van der Waals surface area contributed by atoms with Crippen molar-refractivity contribution in [1.82, 2.24) is 14.7 Å². The van der Waals surface area contributed by atoms with Crippen molar-refractivity contribution < 1.29 is 19.1 Å². The summed E-state index contributed by atoms with van der Waals surface area (Å²) >= 11 is 0. The third-order valence-corrected chi connectivity index (χ3v) is 6.58. The number of nitrogens with zero attached hydrogens (tertiary/aromatic N) is 3. The number of ether oxygens (including phenoxy) is 1. The van der Waals surface area contributed by atoms with Gasteiger partial charge in [-0.1, -0.05) is 42.5 Å². The third kappa shape index (κ3) is 3.62. The van der Waals surface area contributed by atoms with E-state index in [4.69, 9.17) is 4.74 Å². The molecule has 0 unspecified atom stereocenters. The minimum atomic E-state index is -0.884. The molecule has 4 amide bonds. The van der Waals surface area contributed by atoms with Crippen LogP contribution in [0.4, 0.5) is 4.79 Å². The number of likely N-dealkylation sites (tertiary alicyclic amines) is 1. The van der Waals surface area contributed by atoms with E-state index in [1.165, 1.54) is 4.90 Å². The zero-order valence-corrected chi connectivity index (χ0v) is 17.5. The van der Waals surface area contributed by atoms with E-state index >= 15 is 0 Å². The smallest absolute Gasteiger partial charge is 0.328 e. The number of urea groups is 1. The third-order valence-electron chi connectivity index (χ3n) is 6.58. The van der Waals surface area contributed by atoms with Crippen LogP contribution in [-0.4, -0.2) is 71.4 Å². The molecule has 2 saturated heterocycles. The van der Waals surface area contributed by atoms with E-state index in [9.17, 15) is 14.4 Å². The van der Waals surface area contributed by atoms with Gasteiger partial charge in [-0.3, -0.25) is 14.5 Å². The summed E-state index contributed by atoms with van der Waals surface area (Å²) in [7, 11) is 1.56. The van der Waals surface area contributed by atoms with E-state index in [2.05, 4.69) is 12.2 Å². The first-order valence-corrected chi connectivity index (χ1v) is 10.7. The zero-order chi connectivity index (χ0) is 21.1. The van der Waals surface area contributed by atoms with E-state index < -0.39 is 5.54 Å². The van der Waals surface area contributed by atoms with Crippen molar-refractivity contribution in [2.45, 2.75) is 37.8 Å². The van der Waals surface area contributed by atoms with E-state index in [1.807, 2.05) is 35.2 Å². The highest BCUT2D eigenvalue weighted by molar-refractivity contribution is 6.07. The highest BCUT2D eigenvalue weighted by Gasteiger charge is 2.58. The number of benzene rings is 1. The van der Waals surface area contributed by atoms with Gasteiger partial charge in [0.1, 0.15) is 5.54 Å². The maximum Gasteiger partial charge on any atom is 0.328 e. The van der Waals surface area contributed by atoms with Crippen LogP contribution in [0.3, 0.4) is 0 Å². The Balaban J connectivity index is 1.54. The molecule has 30 heavy (non-hydrogen) atoms. The SMILES string of the molecule is COCCN1C(=O)N(Cc2ccccc2)C2(CCN(C(=O)C3CC=CC3)CC2)C1=O. The number of rotatable bonds is 6. The van der Waals surface area contributed by atoms with Crippen molar-refractivity contribution in [3.63, 3.8) is 0 Å². The van der Waals surface area contributed by atoms with E-state index in [1.54, 1.807) is 12.0 Å². The van der Waals surface area contributed by atoms with E-state index in [0.717, 1.165) is 18.4 Å². The summed E-state index contributed by atoms with van der Waals surface area (Å²) < 4.78 is 5.11. The first kappa shape index (κ1) is 20.6. The molecule has 2 fully saturated rings. The highest BCUT2D eigenvalue weighted by atomic mass is 16.5. The lowest BCUT2D eigenvalue weighted by atomic mass is 9.85. The maximum atomic E-state index is 13.4. The van der Waals surface area contributed by atoms with E-state index in [-0.39, 0.29) is 30.3 Å². The Kier molecular flexibility index (Phi) is 5.90. The number of carbonyl (C=O) groups is 3. The Morgan fingerprint density at radius 2 is 1.77 bits per heavy atom. The van der Waals surface area contributed by atoms with Gasteiger partial charge in [-0.25, -0.2) is 4.79 Å². The number of methoxy groups -OCH3 is 1. The van der Waals surface area contributed by atoms with Gasteiger partial charge in [0.2, 0.25) is 5.91 Å². The number of piperidine rings is 1. The monoisotopic (exact) mass is 411 g/mol. The van der Waals surface area contributed by atoms with Crippen LogP contribution in [0, 0.1) is 5.92 Å². The minimum Gasteiger partial charge on any atom is -0.383 e. The Morgan fingerprint density at radius 1 is 1.10 bits per heavy atom. The molecule has 0 aromatic heterocycles. The predicted octanol–water partition coefficient (Wildman–Crippen LogP) is 2.42. The van der Waals surface area contributed by atoms with Gasteiger partial charge >= 0.3 is 6.03 Å². The molecule has 0 atom stereocenters. The van der Waals surface area contributed by atoms with Crippen LogP contribution in [0.2, 0.25) is 0 Å². The normalized spacial score (nSPS) is 21.3. The summed E-state index contributed by atoms with van der Waals surface area (Å²) in [4.78, 5) is 44.4. The molecule has 4 rings (SSSR count). The van der Waals surface area contributed by atoms with Gasteiger partial charge in [-0.2, -0.15) is 0 Å². The molecule has 0 saturated carbocycles. The molecule has 2 aliphatic heterocycles. The molecule has 7 nitrogen and oxygen atoms in total. The Hall–Kier alpha value is -2.67. The lowest BCUT2D eigenvalue weighted by Crippen LogP contribution is -2.57. The fourth-order valence-corrected chi connectivity index (χ4v) is 4.80. The van der Waals surface area contributed by atoms with Crippen molar-refractivity contribution in [1.29, 1.82) is 0 Å². The molecule has 1 aromatic carbocycles. The lowest BCUT2D eigenvalue weighted by molar-refractivity contribution is -0.143.